The number of nitrogens with zero attached hydrogens (tertiary/aromatic N) is 1. The lowest BCUT2D eigenvalue weighted by Crippen LogP contribution is -2.38. The number of hydrogen-bond acceptors (Lipinski definition) is 2. The van der Waals surface area contributed by atoms with Crippen LogP contribution in [0.5, 0.6) is 0 Å². The van der Waals surface area contributed by atoms with Gasteiger partial charge in [0.25, 0.3) is 0 Å². The van der Waals surface area contributed by atoms with Crippen molar-refractivity contribution >= 4 is 5.69 Å². The van der Waals surface area contributed by atoms with E-state index in [0.29, 0.717) is 6.04 Å². The number of rotatable bonds is 7. The van der Waals surface area contributed by atoms with Gasteiger partial charge in [-0.25, -0.2) is 0 Å². The average Bonchev–Trinajstić information content (AvgIpc) is 2.67. The third-order valence-electron chi connectivity index (χ3n) is 4.38. The minimum atomic E-state index is 0.623. The first kappa shape index (κ1) is 15.4. The molecule has 0 saturated heterocycles. The highest BCUT2D eigenvalue weighted by Gasteiger charge is 2.19. The van der Waals surface area contributed by atoms with Crippen molar-refractivity contribution in [2.24, 2.45) is 0 Å². The van der Waals surface area contributed by atoms with Crippen molar-refractivity contribution in [1.29, 1.82) is 0 Å². The van der Waals surface area contributed by atoms with Crippen LogP contribution in [0.25, 0.3) is 0 Å². The molecule has 1 aromatic carbocycles. The van der Waals surface area contributed by atoms with Crippen LogP contribution in [0.2, 0.25) is 0 Å². The van der Waals surface area contributed by atoms with Crippen LogP contribution in [-0.2, 0) is 6.54 Å². The fraction of sp³-hybridized carbons (Fsp3) is 0.667. The Bertz CT molecular complexity index is 389. The molecule has 1 atom stereocenters. The van der Waals surface area contributed by atoms with Gasteiger partial charge in [-0.05, 0) is 24.5 Å². The summed E-state index contributed by atoms with van der Waals surface area (Å²) in [6.07, 6.45) is 8.01. The standard InChI is InChI=1S/C18H30N2/c1-3-5-6-7-10-13-20-15-17(4-2)19-14-16-11-8-9-12-18(16)20/h8-9,11-12,17,19H,3-7,10,13-15H2,1-2H3. The van der Waals surface area contributed by atoms with E-state index in [0.717, 1.165) is 13.1 Å². The van der Waals surface area contributed by atoms with Crippen LogP contribution in [0, 0.1) is 0 Å². The monoisotopic (exact) mass is 274 g/mol. The van der Waals surface area contributed by atoms with Gasteiger partial charge in [-0.2, -0.15) is 0 Å². The van der Waals surface area contributed by atoms with E-state index < -0.39 is 0 Å². The Hall–Kier alpha value is -1.02. The second kappa shape index (κ2) is 8.31. The molecule has 2 nitrogen and oxygen atoms in total. The van der Waals surface area contributed by atoms with E-state index in [-0.39, 0.29) is 0 Å². The zero-order valence-electron chi connectivity index (χ0n) is 13.2. The average molecular weight is 274 g/mol. The summed E-state index contributed by atoms with van der Waals surface area (Å²) < 4.78 is 0. The molecular formula is C18H30N2. The van der Waals surface area contributed by atoms with Gasteiger partial charge < -0.3 is 10.2 Å². The molecule has 1 unspecified atom stereocenters. The molecule has 0 saturated carbocycles. The lowest BCUT2D eigenvalue weighted by Gasteiger charge is -2.27. The smallest absolute Gasteiger partial charge is 0.0412 e. The maximum Gasteiger partial charge on any atom is 0.0412 e. The summed E-state index contributed by atoms with van der Waals surface area (Å²) in [5.41, 5.74) is 2.91. The van der Waals surface area contributed by atoms with E-state index in [1.807, 2.05) is 0 Å². The molecule has 1 aliphatic rings. The van der Waals surface area contributed by atoms with Crippen molar-refractivity contribution in [2.45, 2.75) is 65.0 Å². The van der Waals surface area contributed by atoms with E-state index in [2.05, 4.69) is 48.3 Å². The molecule has 0 radical (unpaired) electrons. The van der Waals surface area contributed by atoms with Gasteiger partial charge in [0.15, 0.2) is 0 Å². The summed E-state index contributed by atoms with van der Waals surface area (Å²) in [4.78, 5) is 2.61. The van der Waals surface area contributed by atoms with Crippen molar-refractivity contribution in [2.75, 3.05) is 18.0 Å². The van der Waals surface area contributed by atoms with Crippen LogP contribution in [0.3, 0.4) is 0 Å². The molecule has 0 bridgehead atoms. The van der Waals surface area contributed by atoms with E-state index in [9.17, 15) is 0 Å². The predicted molar refractivity (Wildman–Crippen MR) is 88.3 cm³/mol. The highest BCUT2D eigenvalue weighted by Crippen LogP contribution is 2.24. The molecular weight excluding hydrogens is 244 g/mol. The fourth-order valence-electron chi connectivity index (χ4n) is 3.04. The van der Waals surface area contributed by atoms with Gasteiger partial charge in [0, 0.05) is 31.4 Å². The number of anilines is 1. The molecule has 2 rings (SSSR count). The van der Waals surface area contributed by atoms with Crippen molar-refractivity contribution in [3.8, 4) is 0 Å². The van der Waals surface area contributed by atoms with Gasteiger partial charge in [-0.3, -0.25) is 0 Å². The molecule has 112 valence electrons. The van der Waals surface area contributed by atoms with Gasteiger partial charge in [0.2, 0.25) is 0 Å². The lowest BCUT2D eigenvalue weighted by molar-refractivity contribution is 0.497. The van der Waals surface area contributed by atoms with Crippen molar-refractivity contribution in [1.82, 2.24) is 5.32 Å². The topological polar surface area (TPSA) is 15.3 Å². The van der Waals surface area contributed by atoms with Crippen LogP contribution in [0.15, 0.2) is 24.3 Å². The predicted octanol–water partition coefficient (Wildman–Crippen LogP) is 4.35. The van der Waals surface area contributed by atoms with E-state index >= 15 is 0 Å². The Kier molecular flexibility index (Phi) is 6.38. The molecule has 2 heteroatoms. The molecule has 1 aliphatic heterocycles. The Morgan fingerprint density at radius 1 is 1.10 bits per heavy atom. The number of hydrogen-bond donors (Lipinski definition) is 1. The molecule has 0 aliphatic carbocycles. The highest BCUT2D eigenvalue weighted by molar-refractivity contribution is 5.54. The van der Waals surface area contributed by atoms with Crippen molar-refractivity contribution < 1.29 is 0 Å². The molecule has 0 spiro atoms. The Morgan fingerprint density at radius 3 is 2.70 bits per heavy atom. The third kappa shape index (κ3) is 4.24. The Balaban J connectivity index is 1.96. The largest absolute Gasteiger partial charge is 0.370 e. The second-order valence-corrected chi connectivity index (χ2v) is 5.98. The minimum absolute atomic E-state index is 0.623. The van der Waals surface area contributed by atoms with Gasteiger partial charge >= 0.3 is 0 Å². The molecule has 1 heterocycles. The molecule has 1 N–H and O–H groups in total. The van der Waals surface area contributed by atoms with Crippen LogP contribution in [0.4, 0.5) is 5.69 Å². The van der Waals surface area contributed by atoms with Gasteiger partial charge in [0.1, 0.15) is 0 Å². The number of fused-ring (bicyclic) bond motifs is 1. The molecule has 0 fully saturated rings. The number of nitrogens with one attached hydrogen (secondary N) is 1. The minimum Gasteiger partial charge on any atom is -0.370 e. The fourth-order valence-corrected chi connectivity index (χ4v) is 3.04. The quantitative estimate of drug-likeness (QED) is 0.744. The lowest BCUT2D eigenvalue weighted by atomic mass is 10.1. The van der Waals surface area contributed by atoms with E-state index in [4.69, 9.17) is 0 Å². The molecule has 0 aromatic heterocycles. The van der Waals surface area contributed by atoms with E-state index in [1.54, 1.807) is 0 Å². The molecule has 20 heavy (non-hydrogen) atoms. The zero-order chi connectivity index (χ0) is 14.2. The Labute approximate surface area is 124 Å². The number of unbranched alkanes of at least 4 members (excludes halogenated alkanes) is 4. The zero-order valence-corrected chi connectivity index (χ0v) is 13.2. The molecule has 0 amide bonds. The highest BCUT2D eigenvalue weighted by atomic mass is 15.2. The van der Waals surface area contributed by atoms with E-state index in [1.165, 1.54) is 56.3 Å². The van der Waals surface area contributed by atoms with Crippen LogP contribution in [-0.4, -0.2) is 19.1 Å². The first-order valence-corrected chi connectivity index (χ1v) is 8.41. The summed E-state index contributed by atoms with van der Waals surface area (Å²) in [5.74, 6) is 0. The van der Waals surface area contributed by atoms with Crippen molar-refractivity contribution in [3.05, 3.63) is 29.8 Å². The summed E-state index contributed by atoms with van der Waals surface area (Å²) in [6, 6.07) is 9.52. The first-order chi connectivity index (χ1) is 9.85. The summed E-state index contributed by atoms with van der Waals surface area (Å²) in [7, 11) is 0. The maximum absolute atomic E-state index is 3.69. The van der Waals surface area contributed by atoms with Crippen LogP contribution >= 0.6 is 0 Å². The molecule has 1 aromatic rings. The second-order valence-electron chi connectivity index (χ2n) is 5.98. The van der Waals surface area contributed by atoms with Crippen LogP contribution < -0.4 is 10.2 Å². The van der Waals surface area contributed by atoms with Gasteiger partial charge in [0.05, 0.1) is 0 Å². The Morgan fingerprint density at radius 2 is 1.90 bits per heavy atom. The SMILES string of the molecule is CCCCCCCN1CC(CC)NCc2ccccc21. The maximum atomic E-state index is 3.69. The van der Waals surface area contributed by atoms with Gasteiger partial charge in [-0.1, -0.05) is 57.7 Å². The normalized spacial score (nSPS) is 18.7. The third-order valence-corrected chi connectivity index (χ3v) is 4.38. The van der Waals surface area contributed by atoms with Crippen molar-refractivity contribution in [3.63, 3.8) is 0 Å². The first-order valence-electron chi connectivity index (χ1n) is 8.41. The van der Waals surface area contributed by atoms with Crippen LogP contribution in [0.1, 0.15) is 57.9 Å². The number of para-hydroxylation sites is 1. The van der Waals surface area contributed by atoms with Gasteiger partial charge in [-0.15, -0.1) is 0 Å². The summed E-state index contributed by atoms with van der Waals surface area (Å²) in [5, 5.41) is 3.69. The summed E-state index contributed by atoms with van der Waals surface area (Å²) >= 11 is 0. The number of benzene rings is 1. The summed E-state index contributed by atoms with van der Waals surface area (Å²) in [6.45, 7) is 7.94.